The van der Waals surface area contributed by atoms with Crippen molar-refractivity contribution in [3.05, 3.63) is 78.6 Å². The topological polar surface area (TPSA) is 12.9 Å². The van der Waals surface area contributed by atoms with Gasteiger partial charge in [-0.2, -0.15) is 0 Å². The van der Waals surface area contributed by atoms with Gasteiger partial charge in [0.1, 0.15) is 0 Å². The quantitative estimate of drug-likeness (QED) is 0.636. The van der Waals surface area contributed by atoms with Crippen molar-refractivity contribution in [3.63, 3.8) is 0 Å². The van der Waals surface area contributed by atoms with Gasteiger partial charge in [0.2, 0.25) is 0 Å². The van der Waals surface area contributed by atoms with Crippen molar-refractivity contribution < 1.29 is 0 Å². The molecule has 0 saturated heterocycles. The van der Waals surface area contributed by atoms with Crippen LogP contribution in [0.4, 0.5) is 0 Å². The Morgan fingerprint density at radius 1 is 0.632 bits per heavy atom. The van der Waals surface area contributed by atoms with Gasteiger partial charge in [-0.1, -0.05) is 60.7 Å². The molecule has 19 heavy (non-hydrogen) atoms. The first-order valence-electron chi connectivity index (χ1n) is 6.42. The van der Waals surface area contributed by atoms with Crippen LogP contribution >= 0.6 is 0 Å². The first kappa shape index (κ1) is 11.7. The van der Waals surface area contributed by atoms with Gasteiger partial charge in [-0.3, -0.25) is 4.98 Å². The van der Waals surface area contributed by atoms with Crippen LogP contribution in [0.1, 0.15) is 5.56 Å². The van der Waals surface area contributed by atoms with Gasteiger partial charge in [0.05, 0.1) is 0 Å². The molecule has 1 aromatic heterocycles. The van der Waals surface area contributed by atoms with Crippen LogP contribution in [0.25, 0.3) is 22.3 Å². The van der Waals surface area contributed by atoms with Gasteiger partial charge in [-0.25, -0.2) is 0 Å². The fraction of sp³-hybridized carbons (Fsp3) is 0.0556. The second-order valence-corrected chi connectivity index (χ2v) is 4.59. The van der Waals surface area contributed by atoms with Gasteiger partial charge < -0.3 is 0 Å². The van der Waals surface area contributed by atoms with Gasteiger partial charge >= 0.3 is 0 Å². The molecule has 0 aliphatic rings. The lowest BCUT2D eigenvalue weighted by molar-refractivity contribution is 1.29. The molecule has 0 aliphatic heterocycles. The normalized spacial score (nSPS) is 10.4. The SMILES string of the molecule is Cc1c(-c2ccccc2)cncc1-c1ccccc1. The Kier molecular flexibility index (Phi) is 3.11. The monoisotopic (exact) mass is 245 g/mol. The van der Waals surface area contributed by atoms with Crippen LogP contribution in [-0.2, 0) is 0 Å². The summed E-state index contributed by atoms with van der Waals surface area (Å²) in [6, 6.07) is 20.8. The van der Waals surface area contributed by atoms with Crippen LogP contribution in [-0.4, -0.2) is 4.98 Å². The number of hydrogen-bond donors (Lipinski definition) is 0. The van der Waals surface area contributed by atoms with Crippen molar-refractivity contribution in [2.45, 2.75) is 6.92 Å². The first-order valence-corrected chi connectivity index (χ1v) is 6.42. The van der Waals surface area contributed by atoms with E-state index in [4.69, 9.17) is 0 Å². The van der Waals surface area contributed by atoms with Crippen LogP contribution in [0.5, 0.6) is 0 Å². The largest absolute Gasteiger partial charge is 0.263 e. The lowest BCUT2D eigenvalue weighted by Crippen LogP contribution is -1.90. The Morgan fingerprint density at radius 2 is 1.05 bits per heavy atom. The molecule has 0 saturated carbocycles. The Bertz CT molecular complexity index is 615. The molecule has 0 N–H and O–H groups in total. The minimum absolute atomic E-state index is 1.20. The Hall–Kier alpha value is -2.41. The van der Waals surface area contributed by atoms with E-state index in [9.17, 15) is 0 Å². The molecule has 3 rings (SSSR count). The zero-order chi connectivity index (χ0) is 13.1. The van der Waals surface area contributed by atoms with Crippen LogP contribution in [0, 0.1) is 6.92 Å². The summed E-state index contributed by atoms with van der Waals surface area (Å²) in [5, 5.41) is 0. The Balaban J connectivity index is 2.15. The molecule has 1 heterocycles. The molecule has 3 aromatic rings. The van der Waals surface area contributed by atoms with Crippen molar-refractivity contribution in [1.29, 1.82) is 0 Å². The van der Waals surface area contributed by atoms with Crippen molar-refractivity contribution in [3.8, 4) is 22.3 Å². The van der Waals surface area contributed by atoms with Crippen LogP contribution in [0.2, 0.25) is 0 Å². The van der Waals surface area contributed by atoms with E-state index < -0.39 is 0 Å². The van der Waals surface area contributed by atoms with E-state index in [2.05, 4.69) is 60.4 Å². The molecule has 1 heteroatoms. The molecule has 0 atom stereocenters. The van der Waals surface area contributed by atoms with E-state index in [1.165, 1.54) is 27.8 Å². The minimum atomic E-state index is 1.20. The molecule has 0 radical (unpaired) electrons. The fourth-order valence-corrected chi connectivity index (χ4v) is 2.34. The smallest absolute Gasteiger partial charge is 0.0349 e. The van der Waals surface area contributed by atoms with Crippen LogP contribution < -0.4 is 0 Å². The van der Waals surface area contributed by atoms with Gasteiger partial charge in [0.25, 0.3) is 0 Å². The minimum Gasteiger partial charge on any atom is -0.263 e. The molecule has 92 valence electrons. The lowest BCUT2D eigenvalue weighted by Gasteiger charge is -2.11. The summed E-state index contributed by atoms with van der Waals surface area (Å²) in [5.41, 5.74) is 6.09. The second-order valence-electron chi connectivity index (χ2n) is 4.59. The molecular formula is C18H15N. The van der Waals surface area contributed by atoms with E-state index in [0.29, 0.717) is 0 Å². The van der Waals surface area contributed by atoms with Gasteiger partial charge in [0.15, 0.2) is 0 Å². The number of benzene rings is 2. The standard InChI is InChI=1S/C18H15N/c1-14-17(15-8-4-2-5-9-15)12-19-13-18(14)16-10-6-3-7-11-16/h2-13H,1H3. The van der Waals surface area contributed by atoms with Crippen molar-refractivity contribution >= 4 is 0 Å². The molecule has 0 fully saturated rings. The average molecular weight is 245 g/mol. The van der Waals surface area contributed by atoms with Gasteiger partial charge in [-0.05, 0) is 23.6 Å². The number of hydrogen-bond acceptors (Lipinski definition) is 1. The number of nitrogens with zero attached hydrogens (tertiary/aromatic N) is 1. The average Bonchev–Trinajstić information content (AvgIpc) is 2.49. The number of aromatic nitrogens is 1. The van der Waals surface area contributed by atoms with Crippen LogP contribution in [0.15, 0.2) is 73.1 Å². The highest BCUT2D eigenvalue weighted by Gasteiger charge is 2.07. The van der Waals surface area contributed by atoms with E-state index >= 15 is 0 Å². The summed E-state index contributed by atoms with van der Waals surface area (Å²) in [5.74, 6) is 0. The predicted molar refractivity (Wildman–Crippen MR) is 79.8 cm³/mol. The fourth-order valence-electron chi connectivity index (χ4n) is 2.34. The molecule has 0 spiro atoms. The molecule has 0 unspecified atom stereocenters. The van der Waals surface area contributed by atoms with Crippen molar-refractivity contribution in [2.75, 3.05) is 0 Å². The highest BCUT2D eigenvalue weighted by atomic mass is 14.6. The summed E-state index contributed by atoms with van der Waals surface area (Å²) in [6.45, 7) is 2.16. The van der Waals surface area contributed by atoms with E-state index in [1.807, 2.05) is 24.5 Å². The highest BCUT2D eigenvalue weighted by molar-refractivity contribution is 5.76. The van der Waals surface area contributed by atoms with E-state index in [1.54, 1.807) is 0 Å². The van der Waals surface area contributed by atoms with E-state index in [-0.39, 0.29) is 0 Å². The zero-order valence-electron chi connectivity index (χ0n) is 10.9. The van der Waals surface area contributed by atoms with Crippen molar-refractivity contribution in [2.24, 2.45) is 0 Å². The summed E-state index contributed by atoms with van der Waals surface area (Å²) in [6.07, 6.45) is 3.88. The maximum atomic E-state index is 4.40. The number of pyridine rings is 1. The van der Waals surface area contributed by atoms with Crippen LogP contribution in [0.3, 0.4) is 0 Å². The molecule has 0 bridgehead atoms. The molecular weight excluding hydrogens is 230 g/mol. The molecule has 2 aromatic carbocycles. The third-order valence-corrected chi connectivity index (χ3v) is 3.38. The summed E-state index contributed by atoms with van der Waals surface area (Å²) >= 11 is 0. The Morgan fingerprint density at radius 3 is 1.47 bits per heavy atom. The van der Waals surface area contributed by atoms with E-state index in [0.717, 1.165) is 0 Å². The maximum absolute atomic E-state index is 4.40. The number of rotatable bonds is 2. The summed E-state index contributed by atoms with van der Waals surface area (Å²) < 4.78 is 0. The lowest BCUT2D eigenvalue weighted by atomic mass is 9.96. The van der Waals surface area contributed by atoms with Crippen molar-refractivity contribution in [1.82, 2.24) is 4.98 Å². The van der Waals surface area contributed by atoms with Gasteiger partial charge in [-0.15, -0.1) is 0 Å². The molecule has 0 aliphatic carbocycles. The predicted octanol–water partition coefficient (Wildman–Crippen LogP) is 4.72. The Labute approximate surface area is 113 Å². The second kappa shape index (κ2) is 5.07. The van der Waals surface area contributed by atoms with Gasteiger partial charge in [0, 0.05) is 23.5 Å². The third kappa shape index (κ3) is 2.27. The third-order valence-electron chi connectivity index (χ3n) is 3.38. The highest BCUT2D eigenvalue weighted by Crippen LogP contribution is 2.30. The first-order chi connectivity index (χ1) is 9.36. The maximum Gasteiger partial charge on any atom is 0.0349 e. The summed E-state index contributed by atoms with van der Waals surface area (Å²) in [7, 11) is 0. The zero-order valence-corrected chi connectivity index (χ0v) is 10.9. The molecule has 0 amide bonds. The summed E-state index contributed by atoms with van der Waals surface area (Å²) in [4.78, 5) is 4.40. The molecule has 1 nitrogen and oxygen atoms in total.